The third kappa shape index (κ3) is 5.17. The van der Waals surface area contributed by atoms with Crippen LogP contribution in [-0.4, -0.2) is 34.6 Å². The van der Waals surface area contributed by atoms with E-state index in [9.17, 15) is 4.79 Å². The Morgan fingerprint density at radius 1 is 1.10 bits per heavy atom. The smallest absolute Gasteiger partial charge is 0.271 e. The molecule has 1 amide bonds. The highest BCUT2D eigenvalue weighted by molar-refractivity contribution is 6.05. The van der Waals surface area contributed by atoms with Crippen molar-refractivity contribution in [3.05, 3.63) is 53.5 Å². The Balaban J connectivity index is 1.73. The average molecular weight is 395 g/mol. The molecule has 0 aliphatic rings. The van der Waals surface area contributed by atoms with Gasteiger partial charge in [0, 0.05) is 12.0 Å². The summed E-state index contributed by atoms with van der Waals surface area (Å²) in [5.74, 6) is 0.641. The maximum Gasteiger partial charge on any atom is 0.271 e. The molecule has 0 radical (unpaired) electrons. The number of nitrogen functional groups attached to an aromatic ring is 1. The second-order valence-corrected chi connectivity index (χ2v) is 7.00. The zero-order chi connectivity index (χ0) is 20.8. The number of hydrogen-bond donors (Lipinski definition) is 2. The van der Waals surface area contributed by atoms with Gasteiger partial charge < -0.3 is 20.5 Å². The van der Waals surface area contributed by atoms with Crippen molar-refractivity contribution in [1.82, 2.24) is 20.3 Å². The molecule has 0 aliphatic heterocycles. The first-order chi connectivity index (χ1) is 14.0. The number of hydrogen-bond acceptors (Lipinski definition) is 7. The Morgan fingerprint density at radius 2 is 1.86 bits per heavy atom. The van der Waals surface area contributed by atoms with E-state index in [-0.39, 0.29) is 24.1 Å². The topological polar surface area (TPSA) is 112 Å². The minimum Gasteiger partial charge on any atom is -0.494 e. The molecule has 0 saturated heterocycles. The van der Waals surface area contributed by atoms with Crippen LogP contribution in [0.3, 0.4) is 0 Å². The third-order valence-corrected chi connectivity index (χ3v) is 4.14. The molecule has 1 aromatic carbocycles. The van der Waals surface area contributed by atoms with E-state index < -0.39 is 0 Å². The van der Waals surface area contributed by atoms with E-state index in [1.807, 2.05) is 18.2 Å². The molecule has 2 heterocycles. The molecule has 0 spiro atoms. The Kier molecular flexibility index (Phi) is 6.56. The van der Waals surface area contributed by atoms with Crippen LogP contribution in [0.15, 0.2) is 36.4 Å². The lowest BCUT2D eigenvalue weighted by molar-refractivity contribution is 0.0940. The molecular formula is C21H25N5O3. The van der Waals surface area contributed by atoms with E-state index in [0.717, 1.165) is 11.4 Å². The molecule has 0 unspecified atom stereocenters. The van der Waals surface area contributed by atoms with Gasteiger partial charge in [0.05, 0.1) is 31.6 Å². The lowest BCUT2D eigenvalue weighted by Gasteiger charge is -2.11. The number of nitrogens with zero attached hydrogens (tertiary/aromatic N) is 3. The molecule has 3 aromatic rings. The minimum atomic E-state index is -0.361. The summed E-state index contributed by atoms with van der Waals surface area (Å²) in [6.07, 6.45) is 0. The SMILES string of the molecule is COc1cccc2c(C(=O)NCc3cccc(COCC(C)C)n3)nc(N)nc12. The average Bonchev–Trinajstić information content (AvgIpc) is 2.71. The first kappa shape index (κ1) is 20.5. The monoisotopic (exact) mass is 395 g/mol. The lowest BCUT2D eigenvalue weighted by Crippen LogP contribution is -2.25. The normalized spacial score (nSPS) is 11.0. The van der Waals surface area contributed by atoms with Gasteiger partial charge in [0.15, 0.2) is 0 Å². The first-order valence-electron chi connectivity index (χ1n) is 9.39. The Bertz CT molecular complexity index is 1010. The van der Waals surface area contributed by atoms with Gasteiger partial charge in [-0.15, -0.1) is 0 Å². The van der Waals surface area contributed by atoms with E-state index in [1.165, 1.54) is 7.11 Å². The van der Waals surface area contributed by atoms with Gasteiger partial charge in [0.25, 0.3) is 5.91 Å². The number of aromatic nitrogens is 3. The van der Waals surface area contributed by atoms with Crippen molar-refractivity contribution in [2.45, 2.75) is 27.0 Å². The van der Waals surface area contributed by atoms with Crippen LogP contribution < -0.4 is 15.8 Å². The number of carbonyl (C=O) groups excluding carboxylic acids is 1. The summed E-state index contributed by atoms with van der Waals surface area (Å²) in [6, 6.07) is 10.9. The van der Waals surface area contributed by atoms with E-state index in [2.05, 4.69) is 34.1 Å². The van der Waals surface area contributed by atoms with Crippen LogP contribution in [0.4, 0.5) is 5.95 Å². The molecule has 152 valence electrons. The van der Waals surface area contributed by atoms with Gasteiger partial charge in [-0.25, -0.2) is 9.97 Å². The molecule has 3 rings (SSSR count). The van der Waals surface area contributed by atoms with E-state index in [0.29, 0.717) is 35.8 Å². The van der Waals surface area contributed by atoms with Crippen LogP contribution in [0.1, 0.15) is 35.7 Å². The zero-order valence-corrected chi connectivity index (χ0v) is 16.8. The number of ether oxygens (including phenoxy) is 2. The Labute approximate surface area is 169 Å². The Hall–Kier alpha value is -3.26. The number of methoxy groups -OCH3 is 1. The number of pyridine rings is 1. The quantitative estimate of drug-likeness (QED) is 0.603. The second kappa shape index (κ2) is 9.29. The number of benzene rings is 1. The molecule has 2 aromatic heterocycles. The number of anilines is 1. The van der Waals surface area contributed by atoms with E-state index in [1.54, 1.807) is 18.2 Å². The van der Waals surface area contributed by atoms with Crippen molar-refractivity contribution < 1.29 is 14.3 Å². The highest BCUT2D eigenvalue weighted by Crippen LogP contribution is 2.26. The summed E-state index contributed by atoms with van der Waals surface area (Å²) in [5.41, 5.74) is 8.04. The summed E-state index contributed by atoms with van der Waals surface area (Å²) in [6.45, 7) is 5.56. The number of amides is 1. The molecule has 8 heteroatoms. The molecule has 0 aliphatic carbocycles. The molecular weight excluding hydrogens is 370 g/mol. The fourth-order valence-corrected chi connectivity index (χ4v) is 2.84. The van der Waals surface area contributed by atoms with Crippen LogP contribution in [0.2, 0.25) is 0 Å². The van der Waals surface area contributed by atoms with E-state index >= 15 is 0 Å². The predicted molar refractivity (Wildman–Crippen MR) is 110 cm³/mol. The van der Waals surface area contributed by atoms with Gasteiger partial charge in [0.1, 0.15) is 17.0 Å². The van der Waals surface area contributed by atoms with Crippen molar-refractivity contribution in [2.75, 3.05) is 19.5 Å². The number of fused-ring (bicyclic) bond motifs is 1. The Morgan fingerprint density at radius 3 is 2.62 bits per heavy atom. The van der Waals surface area contributed by atoms with Gasteiger partial charge >= 0.3 is 0 Å². The highest BCUT2D eigenvalue weighted by Gasteiger charge is 2.16. The molecule has 0 atom stereocenters. The van der Waals surface area contributed by atoms with Gasteiger partial charge in [0.2, 0.25) is 5.95 Å². The number of para-hydroxylation sites is 1. The summed E-state index contributed by atoms with van der Waals surface area (Å²) in [4.78, 5) is 25.6. The van der Waals surface area contributed by atoms with Crippen molar-refractivity contribution in [2.24, 2.45) is 5.92 Å². The molecule has 8 nitrogen and oxygen atoms in total. The highest BCUT2D eigenvalue weighted by atomic mass is 16.5. The molecule has 0 saturated carbocycles. The van der Waals surface area contributed by atoms with Crippen LogP contribution >= 0.6 is 0 Å². The van der Waals surface area contributed by atoms with Crippen LogP contribution in [0.5, 0.6) is 5.75 Å². The minimum absolute atomic E-state index is 0.00886. The van der Waals surface area contributed by atoms with Crippen molar-refractivity contribution in [3.63, 3.8) is 0 Å². The first-order valence-corrected chi connectivity index (χ1v) is 9.39. The predicted octanol–water partition coefficient (Wildman–Crippen LogP) is 2.72. The van der Waals surface area contributed by atoms with Crippen LogP contribution in [-0.2, 0) is 17.9 Å². The molecule has 0 bridgehead atoms. The van der Waals surface area contributed by atoms with Gasteiger partial charge in [-0.3, -0.25) is 9.78 Å². The maximum absolute atomic E-state index is 12.8. The van der Waals surface area contributed by atoms with Gasteiger partial charge in [-0.05, 0) is 24.1 Å². The molecule has 3 N–H and O–H groups in total. The third-order valence-electron chi connectivity index (χ3n) is 4.14. The van der Waals surface area contributed by atoms with Crippen LogP contribution in [0.25, 0.3) is 10.9 Å². The maximum atomic E-state index is 12.8. The number of nitrogens with one attached hydrogen (secondary N) is 1. The van der Waals surface area contributed by atoms with Gasteiger partial charge in [-0.1, -0.05) is 32.0 Å². The van der Waals surface area contributed by atoms with Gasteiger partial charge in [-0.2, -0.15) is 0 Å². The number of nitrogens with two attached hydrogens (primary N) is 1. The second-order valence-electron chi connectivity index (χ2n) is 7.00. The molecule has 0 fully saturated rings. The van der Waals surface area contributed by atoms with Crippen molar-refractivity contribution in [3.8, 4) is 5.75 Å². The molecule has 29 heavy (non-hydrogen) atoms. The largest absolute Gasteiger partial charge is 0.494 e. The summed E-state index contributed by atoms with van der Waals surface area (Å²) < 4.78 is 10.9. The standard InChI is InChI=1S/C21H25N5O3/c1-13(2)11-29-12-15-7-4-6-14(24-15)10-23-20(27)19-16-8-5-9-17(28-3)18(16)25-21(22)26-19/h4-9,13H,10-12H2,1-3H3,(H,23,27)(H2,22,25,26). The number of carbonyl (C=O) groups is 1. The summed E-state index contributed by atoms with van der Waals surface area (Å²) >= 11 is 0. The summed E-state index contributed by atoms with van der Waals surface area (Å²) in [7, 11) is 1.54. The lowest BCUT2D eigenvalue weighted by atomic mass is 10.1. The number of rotatable bonds is 8. The fourth-order valence-electron chi connectivity index (χ4n) is 2.84. The zero-order valence-electron chi connectivity index (χ0n) is 16.8. The van der Waals surface area contributed by atoms with E-state index in [4.69, 9.17) is 15.2 Å². The van der Waals surface area contributed by atoms with Crippen molar-refractivity contribution >= 4 is 22.8 Å². The fraction of sp³-hybridized carbons (Fsp3) is 0.333. The van der Waals surface area contributed by atoms with Crippen LogP contribution in [0, 0.1) is 5.92 Å². The summed E-state index contributed by atoms with van der Waals surface area (Å²) in [5, 5.41) is 3.41. The van der Waals surface area contributed by atoms with Crippen molar-refractivity contribution in [1.29, 1.82) is 0 Å².